The van der Waals surface area contributed by atoms with Crippen LogP contribution in [0, 0.1) is 5.82 Å². The van der Waals surface area contributed by atoms with E-state index < -0.39 is 0 Å². The number of nitrogens with one attached hydrogen (secondary N) is 1. The average molecular weight is 265 g/mol. The number of rotatable bonds is 5. The molecular formula is C13H16FN3S. The Morgan fingerprint density at radius 1 is 1.39 bits per heavy atom. The van der Waals surface area contributed by atoms with Gasteiger partial charge < -0.3 is 10.2 Å². The maximum atomic E-state index is 13.5. The zero-order chi connectivity index (χ0) is 13.0. The Morgan fingerprint density at radius 2 is 2.17 bits per heavy atom. The van der Waals surface area contributed by atoms with Crippen LogP contribution in [-0.4, -0.2) is 19.1 Å². The number of benzene rings is 1. The molecule has 1 aromatic carbocycles. The Labute approximate surface area is 110 Å². The van der Waals surface area contributed by atoms with Crippen LogP contribution in [0.5, 0.6) is 0 Å². The quantitative estimate of drug-likeness (QED) is 0.901. The van der Waals surface area contributed by atoms with Gasteiger partial charge in [-0.2, -0.15) is 0 Å². The van der Waals surface area contributed by atoms with E-state index in [0.29, 0.717) is 12.1 Å². The highest BCUT2D eigenvalue weighted by molar-refractivity contribution is 7.13. The molecule has 0 fully saturated rings. The Kier molecular flexibility index (Phi) is 4.28. The van der Waals surface area contributed by atoms with E-state index in [1.54, 1.807) is 23.5 Å². The highest BCUT2D eigenvalue weighted by Gasteiger charge is 2.09. The third kappa shape index (κ3) is 3.05. The Bertz CT molecular complexity index is 512. The van der Waals surface area contributed by atoms with Gasteiger partial charge in [0.15, 0.2) is 5.13 Å². The van der Waals surface area contributed by atoms with Gasteiger partial charge in [-0.1, -0.05) is 18.2 Å². The molecule has 0 amide bonds. The van der Waals surface area contributed by atoms with E-state index in [9.17, 15) is 4.39 Å². The standard InChI is InChI=1S/C13H16FN3S/c1-15-7-11-9-18-13(16-11)17(2)8-10-5-3-4-6-12(10)14/h3-6,9,15H,7-8H2,1-2H3. The average Bonchev–Trinajstić information content (AvgIpc) is 2.81. The molecule has 0 aliphatic heterocycles. The Hall–Kier alpha value is -1.46. The zero-order valence-electron chi connectivity index (χ0n) is 10.5. The lowest BCUT2D eigenvalue weighted by Gasteiger charge is -2.16. The van der Waals surface area contributed by atoms with Crippen molar-refractivity contribution in [2.75, 3.05) is 19.0 Å². The first-order valence-corrected chi connectivity index (χ1v) is 6.62. The van der Waals surface area contributed by atoms with Gasteiger partial charge in [0, 0.05) is 31.1 Å². The fraction of sp³-hybridized carbons (Fsp3) is 0.308. The van der Waals surface area contributed by atoms with Crippen LogP contribution in [-0.2, 0) is 13.1 Å². The van der Waals surface area contributed by atoms with Gasteiger partial charge in [0.2, 0.25) is 0 Å². The van der Waals surface area contributed by atoms with Gasteiger partial charge in [0.05, 0.1) is 5.69 Å². The maximum Gasteiger partial charge on any atom is 0.185 e. The third-order valence-corrected chi connectivity index (χ3v) is 3.59. The van der Waals surface area contributed by atoms with E-state index in [4.69, 9.17) is 0 Å². The summed E-state index contributed by atoms with van der Waals surface area (Å²) in [7, 11) is 3.82. The number of halogens is 1. The molecule has 0 spiro atoms. The van der Waals surface area contributed by atoms with Gasteiger partial charge in [0.1, 0.15) is 5.82 Å². The summed E-state index contributed by atoms with van der Waals surface area (Å²) in [6.07, 6.45) is 0. The zero-order valence-corrected chi connectivity index (χ0v) is 11.3. The molecule has 0 saturated carbocycles. The molecule has 18 heavy (non-hydrogen) atoms. The fourth-order valence-corrected chi connectivity index (χ4v) is 2.48. The highest BCUT2D eigenvalue weighted by Crippen LogP contribution is 2.21. The lowest BCUT2D eigenvalue weighted by Crippen LogP contribution is -2.17. The number of hydrogen-bond donors (Lipinski definition) is 1. The van der Waals surface area contributed by atoms with Crippen LogP contribution < -0.4 is 10.2 Å². The summed E-state index contributed by atoms with van der Waals surface area (Å²) in [5, 5.41) is 5.98. The van der Waals surface area contributed by atoms with Gasteiger partial charge in [-0.15, -0.1) is 11.3 Å². The first-order valence-electron chi connectivity index (χ1n) is 5.74. The molecule has 0 atom stereocenters. The molecule has 3 nitrogen and oxygen atoms in total. The van der Waals surface area contributed by atoms with Crippen molar-refractivity contribution in [1.82, 2.24) is 10.3 Å². The van der Waals surface area contributed by atoms with E-state index in [1.165, 1.54) is 6.07 Å². The minimum atomic E-state index is -0.170. The predicted octanol–water partition coefficient (Wildman–Crippen LogP) is 2.64. The van der Waals surface area contributed by atoms with Crippen LogP contribution in [0.1, 0.15) is 11.3 Å². The molecule has 1 N–H and O–H groups in total. The number of hydrogen-bond acceptors (Lipinski definition) is 4. The summed E-state index contributed by atoms with van der Waals surface area (Å²) in [5.74, 6) is -0.170. The van der Waals surface area contributed by atoms with Gasteiger partial charge in [0.25, 0.3) is 0 Å². The van der Waals surface area contributed by atoms with Crippen LogP contribution >= 0.6 is 11.3 Å². The van der Waals surface area contributed by atoms with Crippen molar-refractivity contribution < 1.29 is 4.39 Å². The second kappa shape index (κ2) is 5.93. The van der Waals surface area contributed by atoms with Crippen LogP contribution in [0.25, 0.3) is 0 Å². The van der Waals surface area contributed by atoms with E-state index >= 15 is 0 Å². The molecule has 0 saturated heterocycles. The second-order valence-corrected chi connectivity index (χ2v) is 4.94. The smallest absolute Gasteiger partial charge is 0.185 e. The summed E-state index contributed by atoms with van der Waals surface area (Å²) >= 11 is 1.58. The number of nitrogens with zero attached hydrogens (tertiary/aromatic N) is 2. The normalized spacial score (nSPS) is 10.6. The molecule has 5 heteroatoms. The molecule has 2 aromatic rings. The van der Waals surface area contributed by atoms with Crippen molar-refractivity contribution in [3.63, 3.8) is 0 Å². The predicted molar refractivity (Wildman–Crippen MR) is 73.4 cm³/mol. The van der Waals surface area contributed by atoms with Crippen molar-refractivity contribution in [2.24, 2.45) is 0 Å². The van der Waals surface area contributed by atoms with Crippen molar-refractivity contribution in [3.8, 4) is 0 Å². The SMILES string of the molecule is CNCc1csc(N(C)Cc2ccccc2F)n1. The lowest BCUT2D eigenvalue weighted by molar-refractivity contribution is 0.608. The molecule has 0 bridgehead atoms. The minimum absolute atomic E-state index is 0.170. The number of thiazole rings is 1. The van der Waals surface area contributed by atoms with Crippen LogP contribution in [0.15, 0.2) is 29.6 Å². The maximum absolute atomic E-state index is 13.5. The van der Waals surface area contributed by atoms with Gasteiger partial charge in [-0.05, 0) is 13.1 Å². The minimum Gasteiger partial charge on any atom is -0.347 e. The van der Waals surface area contributed by atoms with Gasteiger partial charge >= 0.3 is 0 Å². The monoisotopic (exact) mass is 265 g/mol. The first-order chi connectivity index (χ1) is 8.70. The van der Waals surface area contributed by atoms with Gasteiger partial charge in [-0.25, -0.2) is 9.37 Å². The fourth-order valence-electron chi connectivity index (χ4n) is 1.68. The topological polar surface area (TPSA) is 28.2 Å². The third-order valence-electron chi connectivity index (χ3n) is 2.59. The van der Waals surface area contributed by atoms with Crippen molar-refractivity contribution >= 4 is 16.5 Å². The first kappa shape index (κ1) is 13.0. The summed E-state index contributed by atoms with van der Waals surface area (Å²) in [5.41, 5.74) is 1.70. The molecule has 0 aliphatic rings. The molecule has 1 aromatic heterocycles. The molecule has 0 radical (unpaired) electrons. The van der Waals surface area contributed by atoms with E-state index in [1.807, 2.05) is 30.4 Å². The van der Waals surface area contributed by atoms with Crippen molar-refractivity contribution in [3.05, 3.63) is 46.7 Å². The summed E-state index contributed by atoms with van der Waals surface area (Å²) in [6.45, 7) is 1.28. The number of aromatic nitrogens is 1. The van der Waals surface area contributed by atoms with Crippen LogP contribution in [0.4, 0.5) is 9.52 Å². The largest absolute Gasteiger partial charge is 0.347 e. The van der Waals surface area contributed by atoms with E-state index in [2.05, 4.69) is 10.3 Å². The Balaban J connectivity index is 2.07. The second-order valence-electron chi connectivity index (χ2n) is 4.10. The van der Waals surface area contributed by atoms with Crippen molar-refractivity contribution in [1.29, 1.82) is 0 Å². The molecule has 1 heterocycles. The summed E-state index contributed by atoms with van der Waals surface area (Å²) in [4.78, 5) is 6.45. The van der Waals surface area contributed by atoms with E-state index in [0.717, 1.165) is 17.4 Å². The Morgan fingerprint density at radius 3 is 2.89 bits per heavy atom. The lowest BCUT2D eigenvalue weighted by atomic mass is 10.2. The molecule has 2 rings (SSSR count). The number of anilines is 1. The highest BCUT2D eigenvalue weighted by atomic mass is 32.1. The van der Waals surface area contributed by atoms with E-state index in [-0.39, 0.29) is 5.82 Å². The summed E-state index contributed by atoms with van der Waals surface area (Å²) < 4.78 is 13.5. The van der Waals surface area contributed by atoms with Crippen LogP contribution in [0.2, 0.25) is 0 Å². The molecule has 0 aliphatic carbocycles. The van der Waals surface area contributed by atoms with Crippen LogP contribution in [0.3, 0.4) is 0 Å². The van der Waals surface area contributed by atoms with Gasteiger partial charge in [-0.3, -0.25) is 0 Å². The molecule has 0 unspecified atom stereocenters. The molecule has 96 valence electrons. The molecular weight excluding hydrogens is 249 g/mol. The van der Waals surface area contributed by atoms with Crippen molar-refractivity contribution in [2.45, 2.75) is 13.1 Å². The summed E-state index contributed by atoms with van der Waals surface area (Å²) in [6, 6.07) is 6.83.